The van der Waals surface area contributed by atoms with Gasteiger partial charge >= 0.3 is 0 Å². The van der Waals surface area contributed by atoms with Gasteiger partial charge in [-0.1, -0.05) is 30.3 Å². The lowest BCUT2D eigenvalue weighted by atomic mass is 9.89. The van der Waals surface area contributed by atoms with Crippen LogP contribution in [0.2, 0.25) is 0 Å². The van der Waals surface area contributed by atoms with E-state index in [0.717, 1.165) is 49.4 Å². The van der Waals surface area contributed by atoms with E-state index in [9.17, 15) is 9.18 Å². The van der Waals surface area contributed by atoms with E-state index >= 15 is 0 Å². The van der Waals surface area contributed by atoms with E-state index in [-0.39, 0.29) is 17.6 Å². The van der Waals surface area contributed by atoms with Crippen molar-refractivity contribution >= 4 is 5.78 Å². The van der Waals surface area contributed by atoms with Crippen molar-refractivity contribution in [1.82, 2.24) is 9.47 Å². The average Bonchev–Trinajstić information content (AvgIpc) is 3.48. The number of ketones is 1. The standard InChI is InChI=1S/C25H25FN2O2/c26-20-10-11-23-21(17-20)24(28-14-4-5-15-28)25(30-23)12-16-27(18-25)13-6-9-22(29)19-7-2-1-3-8-19/h1-5,7-8,10-11,14-15,17,24H,6,9,12-13,16,18H2. The molecule has 3 aromatic rings. The first-order valence-corrected chi connectivity index (χ1v) is 10.6. The molecule has 0 amide bonds. The van der Waals surface area contributed by atoms with E-state index in [2.05, 4.69) is 9.47 Å². The first-order valence-electron chi connectivity index (χ1n) is 10.6. The number of rotatable bonds is 6. The number of hydrogen-bond acceptors (Lipinski definition) is 3. The maximum absolute atomic E-state index is 14.0. The van der Waals surface area contributed by atoms with Gasteiger partial charge in [-0.25, -0.2) is 4.39 Å². The predicted molar refractivity (Wildman–Crippen MR) is 113 cm³/mol. The van der Waals surface area contributed by atoms with Crippen LogP contribution >= 0.6 is 0 Å². The van der Waals surface area contributed by atoms with Crippen LogP contribution in [0.15, 0.2) is 73.1 Å². The third-order valence-electron chi connectivity index (χ3n) is 6.32. The number of fused-ring (bicyclic) bond motifs is 1. The summed E-state index contributed by atoms with van der Waals surface area (Å²) in [5.41, 5.74) is 1.28. The zero-order valence-electron chi connectivity index (χ0n) is 16.8. The Bertz CT molecular complexity index is 1030. The Hall–Kier alpha value is -2.92. The molecule has 2 aliphatic rings. The molecule has 1 fully saturated rings. The zero-order valence-corrected chi connectivity index (χ0v) is 16.8. The zero-order chi connectivity index (χ0) is 20.6. The summed E-state index contributed by atoms with van der Waals surface area (Å²) in [5.74, 6) is 0.728. The Morgan fingerprint density at radius 3 is 2.70 bits per heavy atom. The molecular weight excluding hydrogens is 379 g/mol. The van der Waals surface area contributed by atoms with Gasteiger partial charge in [0.15, 0.2) is 5.78 Å². The highest BCUT2D eigenvalue weighted by Crippen LogP contribution is 2.50. The number of hydrogen-bond donors (Lipinski definition) is 0. The Morgan fingerprint density at radius 1 is 1.10 bits per heavy atom. The molecule has 2 unspecified atom stereocenters. The fourth-order valence-electron chi connectivity index (χ4n) is 4.95. The van der Waals surface area contributed by atoms with Gasteiger partial charge in [-0.2, -0.15) is 0 Å². The lowest BCUT2D eigenvalue weighted by Crippen LogP contribution is -2.43. The summed E-state index contributed by atoms with van der Waals surface area (Å²) < 4.78 is 22.6. The van der Waals surface area contributed by atoms with E-state index < -0.39 is 5.60 Å². The van der Waals surface area contributed by atoms with Crippen molar-refractivity contribution in [2.45, 2.75) is 30.9 Å². The fraction of sp³-hybridized carbons (Fsp3) is 0.320. The quantitative estimate of drug-likeness (QED) is 0.558. The molecule has 30 heavy (non-hydrogen) atoms. The Balaban J connectivity index is 1.28. The van der Waals surface area contributed by atoms with E-state index in [1.165, 1.54) is 6.07 Å². The molecular formula is C25H25FN2O2. The van der Waals surface area contributed by atoms with Crippen molar-refractivity contribution in [3.8, 4) is 5.75 Å². The summed E-state index contributed by atoms with van der Waals surface area (Å²) in [6.07, 6.45) is 6.28. The van der Waals surface area contributed by atoms with E-state index in [1.54, 1.807) is 12.1 Å². The van der Waals surface area contributed by atoms with E-state index in [4.69, 9.17) is 4.74 Å². The summed E-state index contributed by atoms with van der Waals surface area (Å²) >= 11 is 0. The number of halogens is 1. The molecule has 2 atom stereocenters. The molecule has 2 aliphatic heterocycles. The third kappa shape index (κ3) is 3.43. The van der Waals surface area contributed by atoms with Crippen LogP contribution < -0.4 is 4.74 Å². The summed E-state index contributed by atoms with van der Waals surface area (Å²) in [6, 6.07) is 18.2. The third-order valence-corrected chi connectivity index (χ3v) is 6.32. The molecule has 0 radical (unpaired) electrons. The predicted octanol–water partition coefficient (Wildman–Crippen LogP) is 4.72. The van der Waals surface area contributed by atoms with Crippen LogP contribution in [-0.2, 0) is 0 Å². The molecule has 2 aromatic carbocycles. The van der Waals surface area contributed by atoms with Gasteiger partial charge in [0.25, 0.3) is 0 Å². The van der Waals surface area contributed by atoms with Crippen molar-refractivity contribution in [3.63, 3.8) is 0 Å². The van der Waals surface area contributed by atoms with Crippen LogP contribution in [0.5, 0.6) is 5.75 Å². The molecule has 5 rings (SSSR count). The molecule has 1 aromatic heterocycles. The van der Waals surface area contributed by atoms with Gasteiger partial charge in [0.2, 0.25) is 0 Å². The first kappa shape index (κ1) is 19.1. The van der Waals surface area contributed by atoms with Crippen molar-refractivity contribution in [2.75, 3.05) is 19.6 Å². The van der Waals surface area contributed by atoms with Gasteiger partial charge in [0.1, 0.15) is 23.2 Å². The number of aromatic nitrogens is 1. The monoisotopic (exact) mass is 404 g/mol. The number of carbonyl (C=O) groups is 1. The topological polar surface area (TPSA) is 34.5 Å². The Labute approximate surface area is 175 Å². The highest BCUT2D eigenvalue weighted by atomic mass is 19.1. The van der Waals surface area contributed by atoms with Crippen LogP contribution in [0.4, 0.5) is 4.39 Å². The lowest BCUT2D eigenvalue weighted by Gasteiger charge is -2.32. The second-order valence-electron chi connectivity index (χ2n) is 8.30. The SMILES string of the molecule is O=C(CCCN1CCC2(C1)Oc1ccc(F)cc1C2n1cccc1)c1ccccc1. The van der Waals surface area contributed by atoms with Crippen molar-refractivity contribution in [3.05, 3.63) is 90.0 Å². The maximum Gasteiger partial charge on any atom is 0.162 e. The minimum absolute atomic E-state index is 0.0471. The molecule has 0 aliphatic carbocycles. The number of likely N-dealkylation sites (tertiary alicyclic amines) is 1. The van der Waals surface area contributed by atoms with Crippen molar-refractivity contribution < 1.29 is 13.9 Å². The van der Waals surface area contributed by atoms with Crippen LogP contribution in [-0.4, -0.2) is 40.5 Å². The van der Waals surface area contributed by atoms with Crippen molar-refractivity contribution in [1.29, 1.82) is 0 Å². The van der Waals surface area contributed by atoms with Crippen LogP contribution in [0.3, 0.4) is 0 Å². The van der Waals surface area contributed by atoms with Crippen LogP contribution in [0.1, 0.15) is 41.2 Å². The Morgan fingerprint density at radius 2 is 1.90 bits per heavy atom. The summed E-state index contributed by atoms with van der Waals surface area (Å²) in [7, 11) is 0. The molecule has 1 spiro atoms. The van der Waals surface area contributed by atoms with Crippen LogP contribution in [0, 0.1) is 5.82 Å². The van der Waals surface area contributed by atoms with Gasteiger partial charge < -0.3 is 9.30 Å². The smallest absolute Gasteiger partial charge is 0.162 e. The fourth-order valence-corrected chi connectivity index (χ4v) is 4.95. The summed E-state index contributed by atoms with van der Waals surface area (Å²) in [5, 5.41) is 0. The molecule has 154 valence electrons. The molecule has 1 saturated heterocycles. The van der Waals surface area contributed by atoms with Crippen LogP contribution in [0.25, 0.3) is 0 Å². The summed E-state index contributed by atoms with van der Waals surface area (Å²) in [4.78, 5) is 14.7. The normalized spacial score (nSPS) is 22.9. The van der Waals surface area contributed by atoms with Gasteiger partial charge in [-0.05, 0) is 43.3 Å². The molecule has 3 heterocycles. The number of carbonyl (C=O) groups excluding carboxylic acids is 1. The lowest BCUT2D eigenvalue weighted by molar-refractivity contribution is 0.0662. The Kier molecular flexibility index (Phi) is 4.91. The minimum Gasteiger partial charge on any atom is -0.483 e. The number of Topliss-reactive ketones (excluding diaryl/α,β-unsaturated/α-hetero) is 1. The highest BCUT2D eigenvalue weighted by molar-refractivity contribution is 5.95. The number of ether oxygens (including phenoxy) is 1. The van der Waals surface area contributed by atoms with E-state index in [1.807, 2.05) is 54.9 Å². The van der Waals surface area contributed by atoms with Gasteiger partial charge in [0.05, 0.1) is 0 Å². The maximum atomic E-state index is 14.0. The molecule has 5 heteroatoms. The molecule has 0 saturated carbocycles. The van der Waals surface area contributed by atoms with Crippen molar-refractivity contribution in [2.24, 2.45) is 0 Å². The second-order valence-corrected chi connectivity index (χ2v) is 8.30. The van der Waals surface area contributed by atoms with Gasteiger partial charge in [0, 0.05) is 49.5 Å². The first-order chi connectivity index (χ1) is 14.6. The summed E-state index contributed by atoms with van der Waals surface area (Å²) in [6.45, 7) is 2.53. The second kappa shape index (κ2) is 7.73. The largest absolute Gasteiger partial charge is 0.483 e. The number of benzene rings is 2. The van der Waals surface area contributed by atoms with E-state index in [0.29, 0.717) is 6.42 Å². The van der Waals surface area contributed by atoms with Gasteiger partial charge in [-0.15, -0.1) is 0 Å². The molecule has 0 bridgehead atoms. The minimum atomic E-state index is -0.404. The van der Waals surface area contributed by atoms with Gasteiger partial charge in [-0.3, -0.25) is 9.69 Å². The molecule has 4 nitrogen and oxygen atoms in total. The molecule has 0 N–H and O–H groups in total. The average molecular weight is 404 g/mol. The number of nitrogens with zero attached hydrogens (tertiary/aromatic N) is 2. The highest BCUT2D eigenvalue weighted by Gasteiger charge is 2.53.